The number of nitro groups is 3. The van der Waals surface area contributed by atoms with Crippen LogP contribution in [0.3, 0.4) is 0 Å². The van der Waals surface area contributed by atoms with E-state index in [2.05, 4.69) is 69.4 Å². The fourth-order valence-corrected chi connectivity index (χ4v) is 8.74. The van der Waals surface area contributed by atoms with Gasteiger partial charge in [-0.05, 0) is 104 Å². The third kappa shape index (κ3) is 8.68. The summed E-state index contributed by atoms with van der Waals surface area (Å²) in [6.45, 7) is 14.3. The first-order chi connectivity index (χ1) is 28.0. The molecule has 0 aliphatic carbocycles. The molecule has 5 aromatic carbocycles. The van der Waals surface area contributed by atoms with E-state index in [-0.39, 0.29) is 43.4 Å². The van der Waals surface area contributed by atoms with Crippen LogP contribution in [0.25, 0.3) is 0 Å². The van der Waals surface area contributed by atoms with Crippen molar-refractivity contribution in [3.63, 3.8) is 0 Å². The molecule has 0 saturated heterocycles. The van der Waals surface area contributed by atoms with Crippen LogP contribution in [-0.4, -0.2) is 28.1 Å². The number of non-ortho nitro benzene ring substituents is 3. The van der Waals surface area contributed by atoms with Crippen molar-refractivity contribution in [1.82, 2.24) is 0 Å². The minimum atomic E-state index is -0.438. The predicted octanol–water partition coefficient (Wildman–Crippen LogP) is 6.48. The summed E-state index contributed by atoms with van der Waals surface area (Å²) < 4.78 is 0. The number of aryl methyl sites for hydroxylation is 5. The van der Waals surface area contributed by atoms with Gasteiger partial charge in [-0.2, -0.15) is 0 Å². The maximum absolute atomic E-state index is 11.2. The molecule has 0 fully saturated rings. The normalized spacial score (nSPS) is 13.5. The van der Waals surface area contributed by atoms with Gasteiger partial charge in [0.2, 0.25) is 0 Å². The van der Waals surface area contributed by atoms with Crippen LogP contribution in [0, 0.1) is 65.0 Å². The van der Waals surface area contributed by atoms with Gasteiger partial charge in [0.25, 0.3) is 17.1 Å². The van der Waals surface area contributed by atoms with E-state index >= 15 is 0 Å². The van der Waals surface area contributed by atoms with E-state index in [9.17, 15) is 30.3 Å². The van der Waals surface area contributed by atoms with Gasteiger partial charge in [0.05, 0.1) is 28.1 Å². The minimum Gasteiger partial charge on any atom is -0.399 e. The zero-order valence-electron chi connectivity index (χ0n) is 33.9. The van der Waals surface area contributed by atoms with Gasteiger partial charge >= 0.3 is 0 Å². The molecule has 0 atom stereocenters. The minimum absolute atomic E-state index is 0. The Morgan fingerprint density at radius 1 is 0.450 bits per heavy atom. The van der Waals surface area contributed by atoms with Crippen molar-refractivity contribution < 1.29 is 31.3 Å². The number of nitro benzene ring substituents is 3. The van der Waals surface area contributed by atoms with Gasteiger partial charge < -0.3 is 36.8 Å². The summed E-state index contributed by atoms with van der Waals surface area (Å²) in [5.74, 6) is 8.00. The quantitative estimate of drug-likeness (QED) is 0.0427. The Labute approximate surface area is 356 Å². The Morgan fingerprint density at radius 3 is 1.07 bits per heavy atom. The fourth-order valence-electron chi connectivity index (χ4n) is 8.74. The number of rotatable bonds is 3. The summed E-state index contributed by atoms with van der Waals surface area (Å²) in [6.07, 6.45) is 0. The fraction of sp³-hybridized carbons (Fsp3) is 0.268. The van der Waals surface area contributed by atoms with Crippen LogP contribution in [-0.2, 0) is 42.7 Å². The molecule has 5 aromatic rings. The Morgan fingerprint density at radius 2 is 0.750 bits per heavy atom. The molecule has 0 radical (unpaired) electrons. The number of nitrogens with zero attached hydrogens (tertiary/aromatic N) is 7. The summed E-state index contributed by atoms with van der Waals surface area (Å²) in [7, 11) is 0. The van der Waals surface area contributed by atoms with Gasteiger partial charge in [0, 0.05) is 130 Å². The van der Waals surface area contributed by atoms with Crippen LogP contribution in [0.5, 0.6) is 0 Å². The molecule has 4 heterocycles. The molecule has 4 aliphatic heterocycles. The van der Waals surface area contributed by atoms with E-state index in [0.717, 1.165) is 70.3 Å². The SMILES string of the molecule is Cc1cc(N)cc2c1N1Cc3cc(N)cc(C)c3N(C2)C1.Cc1cc([N+](=O)[O-])cc2c1N1Cc3cc([N+](=O)[O-])cc(C)c3N(C2)C1.Cc1cc([N+](=O)[O-])ccc1N.NN.[Ni]. The second-order valence-electron chi connectivity index (χ2n) is 15.1. The van der Waals surface area contributed by atoms with E-state index in [1.165, 1.54) is 51.8 Å². The van der Waals surface area contributed by atoms with Crippen LogP contribution in [0.15, 0.2) is 66.7 Å². The van der Waals surface area contributed by atoms with Gasteiger partial charge in [-0.25, -0.2) is 0 Å². The van der Waals surface area contributed by atoms with Crippen LogP contribution in [0.4, 0.5) is 56.9 Å². The molecule has 0 amide bonds. The molecule has 10 N–H and O–H groups in total. The maximum Gasteiger partial charge on any atom is 0.270 e. The van der Waals surface area contributed by atoms with E-state index in [4.69, 9.17) is 17.2 Å². The number of benzene rings is 5. The second kappa shape index (κ2) is 17.7. The Kier molecular flexibility index (Phi) is 13.1. The van der Waals surface area contributed by atoms with Gasteiger partial charge in [0.1, 0.15) is 0 Å². The van der Waals surface area contributed by atoms with Crippen molar-refractivity contribution in [3.05, 3.63) is 147 Å². The number of hydrazine groups is 1. The van der Waals surface area contributed by atoms with E-state index < -0.39 is 4.92 Å². The average molecular weight is 864 g/mol. The molecule has 318 valence electrons. The first kappa shape index (κ1) is 44.4. The summed E-state index contributed by atoms with van der Waals surface area (Å²) in [6, 6.07) is 19.2. The van der Waals surface area contributed by atoms with Crippen molar-refractivity contribution in [2.45, 2.75) is 60.8 Å². The first-order valence-electron chi connectivity index (χ1n) is 18.7. The van der Waals surface area contributed by atoms with Crippen molar-refractivity contribution in [3.8, 4) is 0 Å². The number of nitrogen functional groups attached to an aromatic ring is 3. The van der Waals surface area contributed by atoms with Crippen molar-refractivity contribution >= 4 is 56.9 Å². The number of hydrogen-bond acceptors (Lipinski definition) is 15. The average Bonchev–Trinajstić information content (AvgIpc) is 3.15. The number of anilines is 7. The van der Waals surface area contributed by atoms with Crippen LogP contribution >= 0.6 is 0 Å². The molecule has 18 nitrogen and oxygen atoms in total. The molecule has 19 heteroatoms. The smallest absolute Gasteiger partial charge is 0.270 e. The number of hydrogen-bond donors (Lipinski definition) is 5. The maximum atomic E-state index is 11.2. The summed E-state index contributed by atoms with van der Waals surface area (Å²) >= 11 is 0. The van der Waals surface area contributed by atoms with Crippen LogP contribution < -0.4 is 48.5 Å². The van der Waals surface area contributed by atoms with Gasteiger partial charge in [-0.1, -0.05) is 0 Å². The van der Waals surface area contributed by atoms with Gasteiger partial charge in [-0.3, -0.25) is 42.0 Å². The molecule has 0 aromatic heterocycles. The summed E-state index contributed by atoms with van der Waals surface area (Å²) in [5.41, 5.74) is 34.2. The van der Waals surface area contributed by atoms with Crippen molar-refractivity contribution in [2.75, 3.05) is 50.1 Å². The predicted molar refractivity (Wildman–Crippen MR) is 232 cm³/mol. The summed E-state index contributed by atoms with van der Waals surface area (Å²) in [5, 5.41) is 32.5. The summed E-state index contributed by atoms with van der Waals surface area (Å²) in [4.78, 5) is 40.5. The Balaban J connectivity index is 0.000000177. The molecule has 9 rings (SSSR count). The topological polar surface area (TPSA) is 272 Å². The monoisotopic (exact) mass is 862 g/mol. The van der Waals surface area contributed by atoms with E-state index in [1.807, 2.05) is 13.8 Å². The molecule has 4 aliphatic rings. The number of fused-ring (bicyclic) bond motifs is 12. The molecule has 0 unspecified atom stereocenters. The molecular weight excluding hydrogens is 815 g/mol. The Bertz CT molecular complexity index is 2380. The molecule has 4 bridgehead atoms. The van der Waals surface area contributed by atoms with Crippen LogP contribution in [0.1, 0.15) is 50.1 Å². The van der Waals surface area contributed by atoms with Gasteiger partial charge in [0.15, 0.2) is 0 Å². The number of nitrogens with two attached hydrogens (primary N) is 5. The Hall–Kier alpha value is -6.69. The molecular formula is C41H48N12NiO6. The van der Waals surface area contributed by atoms with Crippen molar-refractivity contribution in [1.29, 1.82) is 0 Å². The standard InChI is InChI=1S/C17H16N4O4.C17H20N4.C7H8N2O2.H4N2.Ni/c1-10-3-14(20(22)23)5-12-7-19-9-18(16(10)12)8-13-6-15(21(24)25)4-11(2)17(13)19;1-10-3-14(18)5-12-7-21-9-20(16(10)12)8-13-6-15(19)4-11(2)17(13)21;1-5-4-6(9(10)11)2-3-7(5)8;1-2;/h3-6H,7-9H2,1-2H3;3-6H,7-9,18-19H2,1-2H3;2-4H,8H2,1H3;1-2H2;. The van der Waals surface area contributed by atoms with E-state index in [1.54, 1.807) is 31.2 Å². The second-order valence-corrected chi connectivity index (χ2v) is 15.1. The van der Waals surface area contributed by atoms with Crippen molar-refractivity contribution in [2.24, 2.45) is 11.7 Å². The van der Waals surface area contributed by atoms with Crippen LogP contribution in [0.2, 0.25) is 0 Å². The third-order valence-electron chi connectivity index (χ3n) is 10.8. The largest absolute Gasteiger partial charge is 0.399 e. The van der Waals surface area contributed by atoms with E-state index in [0.29, 0.717) is 25.4 Å². The third-order valence-corrected chi connectivity index (χ3v) is 10.8. The zero-order valence-corrected chi connectivity index (χ0v) is 34.9. The first-order valence-corrected chi connectivity index (χ1v) is 18.7. The molecule has 0 saturated carbocycles. The zero-order chi connectivity index (χ0) is 43.0. The molecule has 60 heavy (non-hydrogen) atoms. The molecule has 0 spiro atoms. The van der Waals surface area contributed by atoms with Gasteiger partial charge in [-0.15, -0.1) is 0 Å².